The Morgan fingerprint density at radius 1 is 1.27 bits per heavy atom. The summed E-state index contributed by atoms with van der Waals surface area (Å²) in [6, 6.07) is 0. The first-order valence-electron chi connectivity index (χ1n) is 4.13. The number of rotatable bonds is 2. The Morgan fingerprint density at radius 2 is 1.91 bits per heavy atom. The number of ketones is 1. The third-order valence-electron chi connectivity index (χ3n) is 2.02. The van der Waals surface area contributed by atoms with Crippen LogP contribution in [0.3, 0.4) is 0 Å². The van der Waals surface area contributed by atoms with Gasteiger partial charge < -0.3 is 0 Å². The van der Waals surface area contributed by atoms with Gasteiger partial charge in [-0.25, -0.2) is 0 Å². The highest BCUT2D eigenvalue weighted by molar-refractivity contribution is 5.80. The smallest absolute Gasteiger partial charge is 0.133 e. The molecule has 0 spiro atoms. The summed E-state index contributed by atoms with van der Waals surface area (Å²) in [5, 5.41) is 0. The van der Waals surface area contributed by atoms with E-state index in [0.29, 0.717) is 5.78 Å². The lowest BCUT2D eigenvalue weighted by atomic mass is 9.93. The van der Waals surface area contributed by atoms with Crippen LogP contribution in [0, 0.1) is 0 Å². The lowest BCUT2D eigenvalue weighted by Crippen LogP contribution is -2.05. The van der Waals surface area contributed by atoms with Crippen LogP contribution >= 0.6 is 0 Å². The summed E-state index contributed by atoms with van der Waals surface area (Å²) in [6.07, 6.45) is 8.50. The predicted molar refractivity (Wildman–Crippen MR) is 46.4 cm³/mol. The summed E-state index contributed by atoms with van der Waals surface area (Å²) >= 11 is 0. The Kier molecular flexibility index (Phi) is 3.09. The zero-order valence-corrected chi connectivity index (χ0v) is 6.81. The fraction of sp³-hybridized carbons (Fsp3) is 0.500. The second-order valence-electron chi connectivity index (χ2n) is 2.93. The molecule has 0 heterocycles. The molecule has 0 radical (unpaired) electrons. The molecule has 11 heavy (non-hydrogen) atoms. The van der Waals surface area contributed by atoms with E-state index in [0.717, 1.165) is 32.1 Å². The zero-order valence-electron chi connectivity index (χ0n) is 6.81. The van der Waals surface area contributed by atoms with Crippen molar-refractivity contribution in [2.45, 2.75) is 32.1 Å². The Labute approximate surface area is 67.8 Å². The van der Waals surface area contributed by atoms with Gasteiger partial charge in [-0.3, -0.25) is 4.79 Å². The van der Waals surface area contributed by atoms with E-state index in [2.05, 4.69) is 12.7 Å². The van der Waals surface area contributed by atoms with Crippen molar-refractivity contribution < 1.29 is 4.79 Å². The Bertz CT molecular complexity index is 177. The van der Waals surface area contributed by atoms with E-state index in [4.69, 9.17) is 0 Å². The van der Waals surface area contributed by atoms with Crippen molar-refractivity contribution in [1.82, 2.24) is 0 Å². The molecule has 1 saturated carbocycles. The maximum Gasteiger partial charge on any atom is 0.133 e. The van der Waals surface area contributed by atoms with Gasteiger partial charge in [0.2, 0.25) is 0 Å². The van der Waals surface area contributed by atoms with Gasteiger partial charge in [-0.15, -0.1) is 6.58 Å². The van der Waals surface area contributed by atoms with Gasteiger partial charge in [0.15, 0.2) is 0 Å². The van der Waals surface area contributed by atoms with E-state index in [1.807, 2.05) is 6.08 Å². The van der Waals surface area contributed by atoms with Crippen molar-refractivity contribution in [3.63, 3.8) is 0 Å². The molecule has 0 aliphatic heterocycles. The van der Waals surface area contributed by atoms with Crippen molar-refractivity contribution in [1.29, 1.82) is 0 Å². The first kappa shape index (κ1) is 8.25. The van der Waals surface area contributed by atoms with Crippen LogP contribution in [0.25, 0.3) is 0 Å². The quantitative estimate of drug-likeness (QED) is 0.553. The average molecular weight is 150 g/mol. The predicted octanol–water partition coefficient (Wildman–Crippen LogP) is 2.63. The number of hydrogen-bond acceptors (Lipinski definition) is 1. The molecule has 0 unspecified atom stereocenters. The Hall–Kier alpha value is -0.850. The molecule has 60 valence electrons. The second-order valence-corrected chi connectivity index (χ2v) is 2.93. The van der Waals surface area contributed by atoms with Crippen LogP contribution in [0.2, 0.25) is 0 Å². The van der Waals surface area contributed by atoms with Crippen LogP contribution < -0.4 is 0 Å². The van der Waals surface area contributed by atoms with E-state index < -0.39 is 0 Å². The van der Waals surface area contributed by atoms with Crippen molar-refractivity contribution >= 4 is 5.78 Å². The first-order valence-corrected chi connectivity index (χ1v) is 4.13. The average Bonchev–Trinajstić information content (AvgIpc) is 2.04. The maximum absolute atomic E-state index is 10.8. The minimum atomic E-state index is 0.417. The summed E-state index contributed by atoms with van der Waals surface area (Å²) in [5.41, 5.74) is 1.43. The molecule has 1 fully saturated rings. The highest BCUT2D eigenvalue weighted by Crippen LogP contribution is 2.20. The molecule has 1 nitrogen and oxygen atoms in total. The molecule has 1 heteroatoms. The molecule has 0 aromatic carbocycles. The standard InChI is InChI=1S/C10H14O/c1-2-3-4-9-5-7-10(11)8-6-9/h2,4H,1,3,5-8H2. The van der Waals surface area contributed by atoms with Crippen LogP contribution in [0.1, 0.15) is 32.1 Å². The van der Waals surface area contributed by atoms with Gasteiger partial charge in [-0.05, 0) is 19.3 Å². The van der Waals surface area contributed by atoms with Gasteiger partial charge in [-0.1, -0.05) is 17.7 Å². The highest BCUT2D eigenvalue weighted by Gasteiger charge is 2.11. The van der Waals surface area contributed by atoms with Crippen LogP contribution in [0.15, 0.2) is 24.3 Å². The molecule has 0 atom stereocenters. The van der Waals surface area contributed by atoms with Gasteiger partial charge in [0.05, 0.1) is 0 Å². The topological polar surface area (TPSA) is 17.1 Å². The van der Waals surface area contributed by atoms with Crippen molar-refractivity contribution in [3.05, 3.63) is 24.3 Å². The van der Waals surface area contributed by atoms with E-state index in [9.17, 15) is 4.79 Å². The lowest BCUT2D eigenvalue weighted by Gasteiger charge is -2.11. The number of allylic oxidation sites excluding steroid dienone is 3. The summed E-state index contributed by atoms with van der Waals surface area (Å²) in [7, 11) is 0. The number of Topliss-reactive ketones (excluding diaryl/α,β-unsaturated/α-hetero) is 1. The molecule has 0 bridgehead atoms. The minimum absolute atomic E-state index is 0.417. The monoisotopic (exact) mass is 150 g/mol. The van der Waals surface area contributed by atoms with Crippen LogP contribution in [0.5, 0.6) is 0 Å². The van der Waals surface area contributed by atoms with Gasteiger partial charge in [0.25, 0.3) is 0 Å². The van der Waals surface area contributed by atoms with E-state index >= 15 is 0 Å². The van der Waals surface area contributed by atoms with Gasteiger partial charge in [-0.2, -0.15) is 0 Å². The lowest BCUT2D eigenvalue weighted by molar-refractivity contribution is -0.119. The first-order chi connectivity index (χ1) is 5.33. The summed E-state index contributed by atoms with van der Waals surface area (Å²) in [5.74, 6) is 0.417. The highest BCUT2D eigenvalue weighted by atomic mass is 16.1. The molecule has 0 N–H and O–H groups in total. The van der Waals surface area contributed by atoms with Crippen molar-refractivity contribution in [2.75, 3.05) is 0 Å². The van der Waals surface area contributed by atoms with Crippen molar-refractivity contribution in [2.24, 2.45) is 0 Å². The molecular formula is C10H14O. The fourth-order valence-corrected chi connectivity index (χ4v) is 1.30. The third-order valence-corrected chi connectivity index (χ3v) is 2.02. The molecule has 1 aliphatic rings. The van der Waals surface area contributed by atoms with Crippen LogP contribution in [-0.2, 0) is 4.79 Å². The van der Waals surface area contributed by atoms with E-state index in [1.165, 1.54) is 5.57 Å². The summed E-state index contributed by atoms with van der Waals surface area (Å²) < 4.78 is 0. The third kappa shape index (κ3) is 2.71. The largest absolute Gasteiger partial charge is 0.300 e. The van der Waals surface area contributed by atoms with Gasteiger partial charge in [0.1, 0.15) is 5.78 Å². The number of hydrogen-bond donors (Lipinski definition) is 0. The molecule has 0 amide bonds. The molecule has 1 aliphatic carbocycles. The Morgan fingerprint density at radius 3 is 2.45 bits per heavy atom. The summed E-state index contributed by atoms with van der Waals surface area (Å²) in [4.78, 5) is 10.8. The normalized spacial score (nSPS) is 18.2. The molecule has 1 rings (SSSR count). The number of carbonyl (C=O) groups is 1. The molecular weight excluding hydrogens is 136 g/mol. The van der Waals surface area contributed by atoms with Crippen LogP contribution in [-0.4, -0.2) is 5.78 Å². The van der Waals surface area contributed by atoms with E-state index in [-0.39, 0.29) is 0 Å². The molecule has 0 aromatic heterocycles. The summed E-state index contributed by atoms with van der Waals surface area (Å²) in [6.45, 7) is 3.65. The fourth-order valence-electron chi connectivity index (χ4n) is 1.30. The SMILES string of the molecule is C=CCC=C1CCC(=O)CC1. The van der Waals surface area contributed by atoms with Gasteiger partial charge in [0, 0.05) is 12.8 Å². The van der Waals surface area contributed by atoms with Crippen LogP contribution in [0.4, 0.5) is 0 Å². The zero-order chi connectivity index (χ0) is 8.10. The maximum atomic E-state index is 10.8. The second kappa shape index (κ2) is 4.12. The van der Waals surface area contributed by atoms with Crippen molar-refractivity contribution in [3.8, 4) is 0 Å². The number of carbonyl (C=O) groups excluding carboxylic acids is 1. The molecule has 0 aromatic rings. The Balaban J connectivity index is 2.37. The van der Waals surface area contributed by atoms with E-state index in [1.54, 1.807) is 0 Å². The molecule has 0 saturated heterocycles. The van der Waals surface area contributed by atoms with Gasteiger partial charge >= 0.3 is 0 Å². The minimum Gasteiger partial charge on any atom is -0.300 e.